The number of benzene rings is 3. The Morgan fingerprint density at radius 1 is 0.941 bits per heavy atom. The van der Waals surface area contributed by atoms with Crippen LogP contribution in [0, 0.1) is 6.07 Å². The molecule has 79 valence electrons. The summed E-state index contributed by atoms with van der Waals surface area (Å²) in [6.07, 6.45) is 0. The van der Waals surface area contributed by atoms with Crippen LogP contribution in [0.4, 0.5) is 0 Å². The third kappa shape index (κ3) is 1.05. The zero-order valence-electron chi connectivity index (χ0n) is 8.94. The Hall–Kier alpha value is -2.42. The van der Waals surface area contributed by atoms with Crippen molar-refractivity contribution in [1.29, 1.82) is 0 Å². The van der Waals surface area contributed by atoms with Crippen molar-refractivity contribution in [3.63, 3.8) is 0 Å². The van der Waals surface area contributed by atoms with Gasteiger partial charge in [0.2, 0.25) is 0 Å². The molecule has 1 heterocycles. The summed E-state index contributed by atoms with van der Waals surface area (Å²) >= 11 is 0. The lowest BCUT2D eigenvalue weighted by molar-refractivity contribution is 0.961. The molecule has 3 nitrogen and oxygen atoms in total. The van der Waals surface area contributed by atoms with Crippen molar-refractivity contribution >= 4 is 32.6 Å². The molecule has 17 heavy (non-hydrogen) atoms. The van der Waals surface area contributed by atoms with E-state index in [1.165, 1.54) is 10.8 Å². The Morgan fingerprint density at radius 2 is 1.76 bits per heavy atom. The fourth-order valence-corrected chi connectivity index (χ4v) is 2.38. The predicted molar refractivity (Wildman–Crippen MR) is 67.7 cm³/mol. The van der Waals surface area contributed by atoms with Crippen molar-refractivity contribution in [3.05, 3.63) is 48.5 Å². The van der Waals surface area contributed by atoms with E-state index in [0.29, 0.717) is 0 Å². The second-order valence-corrected chi connectivity index (χ2v) is 4.04. The third-order valence-corrected chi connectivity index (χ3v) is 3.13. The van der Waals surface area contributed by atoms with Crippen molar-refractivity contribution in [2.24, 2.45) is 0 Å². The minimum absolute atomic E-state index is 0.913. The quantitative estimate of drug-likeness (QED) is 0.461. The fourth-order valence-electron chi connectivity index (χ4n) is 2.38. The average molecular weight is 218 g/mol. The molecular formula is C14H8N3. The van der Waals surface area contributed by atoms with Crippen LogP contribution in [0.25, 0.3) is 32.6 Å². The molecule has 4 aromatic rings. The highest BCUT2D eigenvalue weighted by Crippen LogP contribution is 2.31. The number of nitrogens with one attached hydrogen (secondary N) is 1. The first-order valence-electron chi connectivity index (χ1n) is 5.47. The molecule has 0 aliphatic carbocycles. The second-order valence-electron chi connectivity index (χ2n) is 4.04. The van der Waals surface area contributed by atoms with Crippen molar-refractivity contribution < 1.29 is 0 Å². The molecule has 0 saturated carbocycles. The molecule has 0 fully saturated rings. The van der Waals surface area contributed by atoms with Crippen LogP contribution >= 0.6 is 0 Å². The zero-order chi connectivity index (χ0) is 11.2. The highest BCUT2D eigenvalue weighted by atomic mass is 15.3. The third-order valence-electron chi connectivity index (χ3n) is 3.13. The van der Waals surface area contributed by atoms with Gasteiger partial charge in [0, 0.05) is 10.8 Å². The lowest BCUT2D eigenvalue weighted by Crippen LogP contribution is -1.81. The first kappa shape index (κ1) is 8.70. The van der Waals surface area contributed by atoms with Gasteiger partial charge in [-0.3, -0.25) is 5.10 Å². The molecule has 0 saturated heterocycles. The van der Waals surface area contributed by atoms with Gasteiger partial charge in [-0.25, -0.2) is 0 Å². The standard InChI is InChI=1S/C14H8N3/c1-3-7-11-9(5-1)10-6-2-4-8-12(10)14-13(11)15-17-16-14/h1-7H,(H,15,16,17). The van der Waals surface area contributed by atoms with E-state index >= 15 is 0 Å². The monoisotopic (exact) mass is 218 g/mol. The van der Waals surface area contributed by atoms with E-state index in [1.54, 1.807) is 0 Å². The maximum atomic E-state index is 4.17. The Kier molecular flexibility index (Phi) is 1.56. The van der Waals surface area contributed by atoms with Gasteiger partial charge in [-0.05, 0) is 16.8 Å². The summed E-state index contributed by atoms with van der Waals surface area (Å²) in [5.41, 5.74) is 1.87. The molecule has 3 aromatic carbocycles. The highest BCUT2D eigenvalue weighted by molar-refractivity contribution is 6.22. The van der Waals surface area contributed by atoms with E-state index in [1.807, 2.05) is 24.3 Å². The van der Waals surface area contributed by atoms with Gasteiger partial charge in [0.1, 0.15) is 5.52 Å². The summed E-state index contributed by atoms with van der Waals surface area (Å²) in [4.78, 5) is 0. The zero-order valence-corrected chi connectivity index (χ0v) is 8.94. The van der Waals surface area contributed by atoms with E-state index in [4.69, 9.17) is 0 Å². The Bertz CT molecular complexity index is 776. The number of H-pyrrole nitrogens is 1. The average Bonchev–Trinajstić information content (AvgIpc) is 2.89. The molecule has 0 bridgehead atoms. The number of aromatic nitrogens is 3. The number of fused-ring (bicyclic) bond motifs is 6. The first-order valence-corrected chi connectivity index (χ1v) is 5.47. The predicted octanol–water partition coefficient (Wildman–Crippen LogP) is 3.06. The molecular weight excluding hydrogens is 210 g/mol. The van der Waals surface area contributed by atoms with E-state index in [2.05, 4.69) is 39.7 Å². The van der Waals surface area contributed by atoms with Crippen LogP contribution in [0.15, 0.2) is 42.5 Å². The van der Waals surface area contributed by atoms with E-state index in [0.717, 1.165) is 21.8 Å². The number of hydrogen-bond donors (Lipinski definition) is 1. The van der Waals surface area contributed by atoms with Crippen molar-refractivity contribution in [2.75, 3.05) is 0 Å². The summed E-state index contributed by atoms with van der Waals surface area (Å²) < 4.78 is 0. The molecule has 3 heteroatoms. The van der Waals surface area contributed by atoms with Gasteiger partial charge in [0.05, 0.1) is 5.52 Å². The van der Waals surface area contributed by atoms with Gasteiger partial charge >= 0.3 is 0 Å². The van der Waals surface area contributed by atoms with Crippen LogP contribution in [-0.4, -0.2) is 15.4 Å². The summed E-state index contributed by atoms with van der Waals surface area (Å²) in [5, 5.41) is 15.6. The fraction of sp³-hybridized carbons (Fsp3) is 0. The molecule has 0 amide bonds. The van der Waals surface area contributed by atoms with Crippen LogP contribution in [0.5, 0.6) is 0 Å². The summed E-state index contributed by atoms with van der Waals surface area (Å²) in [6, 6.07) is 17.5. The molecule has 1 radical (unpaired) electrons. The molecule has 1 aromatic heterocycles. The minimum atomic E-state index is 0.913. The Morgan fingerprint density at radius 3 is 2.71 bits per heavy atom. The van der Waals surface area contributed by atoms with Gasteiger partial charge in [0.15, 0.2) is 0 Å². The number of nitrogens with zero attached hydrogens (tertiary/aromatic N) is 2. The number of rotatable bonds is 0. The Labute approximate surface area is 97.1 Å². The maximum absolute atomic E-state index is 4.17. The van der Waals surface area contributed by atoms with Crippen molar-refractivity contribution in [1.82, 2.24) is 15.4 Å². The normalized spacial score (nSPS) is 11.5. The highest BCUT2D eigenvalue weighted by Gasteiger charge is 2.09. The van der Waals surface area contributed by atoms with Gasteiger partial charge < -0.3 is 0 Å². The smallest absolute Gasteiger partial charge is 0.121 e. The molecule has 0 aliphatic heterocycles. The van der Waals surface area contributed by atoms with Crippen LogP contribution < -0.4 is 0 Å². The molecule has 4 rings (SSSR count). The molecule has 0 aliphatic rings. The van der Waals surface area contributed by atoms with Crippen molar-refractivity contribution in [2.45, 2.75) is 0 Å². The number of aromatic amines is 1. The van der Waals surface area contributed by atoms with Crippen LogP contribution in [0.2, 0.25) is 0 Å². The topological polar surface area (TPSA) is 41.6 Å². The van der Waals surface area contributed by atoms with Crippen LogP contribution in [0.3, 0.4) is 0 Å². The van der Waals surface area contributed by atoms with Crippen molar-refractivity contribution in [3.8, 4) is 0 Å². The molecule has 1 N–H and O–H groups in total. The van der Waals surface area contributed by atoms with E-state index < -0.39 is 0 Å². The van der Waals surface area contributed by atoms with E-state index in [9.17, 15) is 0 Å². The summed E-state index contributed by atoms with van der Waals surface area (Å²) in [5.74, 6) is 0. The maximum Gasteiger partial charge on any atom is 0.121 e. The summed E-state index contributed by atoms with van der Waals surface area (Å²) in [6.45, 7) is 0. The number of hydrogen-bond acceptors (Lipinski definition) is 2. The Balaban J connectivity index is 2.48. The van der Waals surface area contributed by atoms with Gasteiger partial charge in [-0.15, -0.1) is 5.10 Å². The van der Waals surface area contributed by atoms with E-state index in [-0.39, 0.29) is 0 Å². The lowest BCUT2D eigenvalue weighted by Gasteiger charge is -2.04. The van der Waals surface area contributed by atoms with Gasteiger partial charge in [0.25, 0.3) is 0 Å². The second kappa shape index (κ2) is 3.04. The lowest BCUT2D eigenvalue weighted by atomic mass is 10.0. The largest absolute Gasteiger partial charge is 0.257 e. The van der Waals surface area contributed by atoms with Crippen LogP contribution in [0.1, 0.15) is 0 Å². The summed E-state index contributed by atoms with van der Waals surface area (Å²) in [7, 11) is 0. The van der Waals surface area contributed by atoms with Gasteiger partial charge in [-0.1, -0.05) is 47.7 Å². The molecule has 0 unspecified atom stereocenters. The first-order chi connectivity index (χ1) is 8.45. The molecule has 0 spiro atoms. The minimum Gasteiger partial charge on any atom is -0.257 e. The van der Waals surface area contributed by atoms with Crippen LogP contribution in [-0.2, 0) is 0 Å². The molecule has 0 atom stereocenters. The van der Waals surface area contributed by atoms with Gasteiger partial charge in [-0.2, -0.15) is 0 Å². The SMILES string of the molecule is [c]1cccc2c1c1[nH]nnc1c1ccccc21.